The highest BCUT2D eigenvalue weighted by molar-refractivity contribution is 9.10. The van der Waals surface area contributed by atoms with Gasteiger partial charge in [-0.15, -0.1) is 0 Å². The Morgan fingerprint density at radius 3 is 2.74 bits per heavy atom. The van der Waals surface area contributed by atoms with E-state index in [0.29, 0.717) is 11.1 Å². The number of benzene rings is 1. The Balaban J connectivity index is 2.43. The van der Waals surface area contributed by atoms with Crippen molar-refractivity contribution in [2.45, 2.75) is 26.3 Å². The molecular formula is C15H17BrFNS. The van der Waals surface area contributed by atoms with E-state index in [1.54, 1.807) is 24.3 Å². The lowest BCUT2D eigenvalue weighted by atomic mass is 9.98. The minimum absolute atomic E-state index is 0.0968. The molecule has 1 unspecified atom stereocenters. The summed E-state index contributed by atoms with van der Waals surface area (Å²) in [4.78, 5) is 0. The smallest absolute Gasteiger partial charge is 0.131 e. The summed E-state index contributed by atoms with van der Waals surface area (Å²) in [5, 5.41) is 7.53. The Morgan fingerprint density at radius 2 is 2.11 bits per heavy atom. The minimum Gasteiger partial charge on any atom is -0.306 e. The molecule has 0 spiro atoms. The predicted molar refractivity (Wildman–Crippen MR) is 83.3 cm³/mol. The fourth-order valence-corrected chi connectivity index (χ4v) is 3.62. The molecule has 0 fully saturated rings. The van der Waals surface area contributed by atoms with Gasteiger partial charge in [0, 0.05) is 15.4 Å². The average molecular weight is 342 g/mol. The molecule has 1 nitrogen and oxygen atoms in total. The van der Waals surface area contributed by atoms with E-state index in [9.17, 15) is 4.39 Å². The topological polar surface area (TPSA) is 12.0 Å². The lowest BCUT2D eigenvalue weighted by Gasteiger charge is -2.20. The van der Waals surface area contributed by atoms with Gasteiger partial charge in [0.25, 0.3) is 0 Å². The molecule has 0 saturated carbocycles. The van der Waals surface area contributed by atoms with Gasteiger partial charge in [0.05, 0.1) is 6.04 Å². The van der Waals surface area contributed by atoms with Crippen LogP contribution >= 0.6 is 27.3 Å². The van der Waals surface area contributed by atoms with Crippen LogP contribution in [0.1, 0.15) is 36.1 Å². The van der Waals surface area contributed by atoms with Gasteiger partial charge < -0.3 is 5.32 Å². The summed E-state index contributed by atoms with van der Waals surface area (Å²) in [6.45, 7) is 4.78. The zero-order chi connectivity index (χ0) is 13.8. The first kappa shape index (κ1) is 14.7. The van der Waals surface area contributed by atoms with Gasteiger partial charge in [0.1, 0.15) is 5.82 Å². The molecule has 1 atom stereocenters. The van der Waals surface area contributed by atoms with Crippen LogP contribution in [0.5, 0.6) is 0 Å². The maximum Gasteiger partial charge on any atom is 0.131 e. The summed E-state index contributed by atoms with van der Waals surface area (Å²) < 4.78 is 15.4. The molecule has 4 heteroatoms. The Labute approximate surface area is 126 Å². The van der Waals surface area contributed by atoms with E-state index < -0.39 is 0 Å². The zero-order valence-electron chi connectivity index (χ0n) is 11.0. The molecule has 0 aliphatic carbocycles. The number of aryl methyl sites for hydroxylation is 1. The van der Waals surface area contributed by atoms with Crippen molar-refractivity contribution in [2.75, 3.05) is 6.54 Å². The van der Waals surface area contributed by atoms with Crippen LogP contribution in [0.2, 0.25) is 0 Å². The minimum atomic E-state index is -0.116. The van der Waals surface area contributed by atoms with Gasteiger partial charge in [-0.3, -0.25) is 0 Å². The number of hydrogen-bond acceptors (Lipinski definition) is 2. The van der Waals surface area contributed by atoms with Crippen molar-refractivity contribution in [3.05, 3.63) is 55.9 Å². The summed E-state index contributed by atoms with van der Waals surface area (Å²) in [7, 11) is 0. The summed E-state index contributed by atoms with van der Waals surface area (Å²) in [6, 6.07) is 5.48. The lowest BCUT2D eigenvalue weighted by Crippen LogP contribution is -2.24. The Kier molecular flexibility index (Phi) is 5.13. The quantitative estimate of drug-likeness (QED) is 0.802. The first-order valence-corrected chi connectivity index (χ1v) is 8.08. The van der Waals surface area contributed by atoms with Gasteiger partial charge in [0.15, 0.2) is 0 Å². The number of nitrogens with one attached hydrogen (secondary N) is 1. The van der Waals surface area contributed by atoms with Crippen LogP contribution in [0.3, 0.4) is 0 Å². The highest BCUT2D eigenvalue weighted by atomic mass is 79.9. The molecule has 102 valence electrons. The number of rotatable bonds is 5. The lowest BCUT2D eigenvalue weighted by molar-refractivity contribution is 0.542. The largest absolute Gasteiger partial charge is 0.306 e. The average Bonchev–Trinajstić information content (AvgIpc) is 2.81. The molecule has 0 radical (unpaired) electrons. The van der Waals surface area contributed by atoms with Gasteiger partial charge in [0.2, 0.25) is 0 Å². The van der Waals surface area contributed by atoms with Crippen LogP contribution in [-0.2, 0) is 0 Å². The second kappa shape index (κ2) is 6.64. The summed E-state index contributed by atoms with van der Waals surface area (Å²) in [5.74, 6) is -0.116. The molecule has 0 aliphatic heterocycles. The first-order valence-electron chi connectivity index (χ1n) is 6.35. The molecule has 0 saturated heterocycles. The second-order valence-corrected chi connectivity index (χ2v) is 6.14. The predicted octanol–water partition coefficient (Wildman–Crippen LogP) is 5.05. The van der Waals surface area contributed by atoms with Crippen LogP contribution in [0.4, 0.5) is 4.39 Å². The summed E-state index contributed by atoms with van der Waals surface area (Å²) >= 11 is 5.17. The van der Waals surface area contributed by atoms with Gasteiger partial charge in [-0.1, -0.05) is 25.1 Å². The third-order valence-electron chi connectivity index (χ3n) is 3.08. The maximum atomic E-state index is 14.4. The van der Waals surface area contributed by atoms with Crippen molar-refractivity contribution in [3.8, 4) is 0 Å². The van der Waals surface area contributed by atoms with Gasteiger partial charge in [-0.2, -0.15) is 11.3 Å². The molecule has 1 heterocycles. The van der Waals surface area contributed by atoms with Crippen molar-refractivity contribution in [1.29, 1.82) is 0 Å². The first-order chi connectivity index (χ1) is 9.15. The molecule has 1 aromatic carbocycles. The highest BCUT2D eigenvalue weighted by Gasteiger charge is 2.20. The number of thiophene rings is 1. The third kappa shape index (κ3) is 3.25. The van der Waals surface area contributed by atoms with E-state index in [4.69, 9.17) is 0 Å². The van der Waals surface area contributed by atoms with Gasteiger partial charge in [-0.25, -0.2) is 4.39 Å². The molecule has 2 rings (SSSR count). The second-order valence-electron chi connectivity index (χ2n) is 4.54. The van der Waals surface area contributed by atoms with Gasteiger partial charge >= 0.3 is 0 Å². The Hall–Kier alpha value is -0.710. The normalized spacial score (nSPS) is 12.6. The van der Waals surface area contributed by atoms with Crippen molar-refractivity contribution in [3.63, 3.8) is 0 Å². The Morgan fingerprint density at radius 1 is 1.32 bits per heavy atom. The van der Waals surface area contributed by atoms with Crippen molar-refractivity contribution in [1.82, 2.24) is 5.32 Å². The van der Waals surface area contributed by atoms with Crippen molar-refractivity contribution in [2.24, 2.45) is 0 Å². The van der Waals surface area contributed by atoms with E-state index in [1.165, 1.54) is 0 Å². The molecule has 0 aliphatic rings. The van der Waals surface area contributed by atoms with Crippen molar-refractivity contribution >= 4 is 27.3 Å². The molecule has 0 bridgehead atoms. The molecule has 0 amide bonds. The number of hydrogen-bond donors (Lipinski definition) is 1. The monoisotopic (exact) mass is 341 g/mol. The van der Waals surface area contributed by atoms with E-state index in [2.05, 4.69) is 33.6 Å². The van der Waals surface area contributed by atoms with Crippen LogP contribution in [0.15, 0.2) is 33.4 Å². The summed E-state index contributed by atoms with van der Waals surface area (Å²) in [5.41, 5.74) is 2.50. The fourth-order valence-electron chi connectivity index (χ4n) is 2.07. The standard InChI is InChI=1S/C15H17BrFNS/c1-3-7-18-15(12-8-19-9-13(12)16)11-6-4-5-10(2)14(11)17/h4-6,8-9,15,18H,3,7H2,1-2H3. The van der Waals surface area contributed by atoms with E-state index in [1.807, 2.05) is 17.5 Å². The maximum absolute atomic E-state index is 14.4. The fraction of sp³-hybridized carbons (Fsp3) is 0.333. The molecule has 19 heavy (non-hydrogen) atoms. The SMILES string of the molecule is CCCNC(c1cscc1Br)c1cccc(C)c1F. The summed E-state index contributed by atoms with van der Waals surface area (Å²) in [6.07, 6.45) is 1.02. The molecular weight excluding hydrogens is 325 g/mol. The van der Waals surface area contributed by atoms with Crippen molar-refractivity contribution < 1.29 is 4.39 Å². The van der Waals surface area contributed by atoms with E-state index >= 15 is 0 Å². The number of halogens is 2. The van der Waals surface area contributed by atoms with E-state index in [-0.39, 0.29) is 11.9 Å². The zero-order valence-corrected chi connectivity index (χ0v) is 13.4. The van der Waals surface area contributed by atoms with Crippen LogP contribution in [0, 0.1) is 12.7 Å². The highest BCUT2D eigenvalue weighted by Crippen LogP contribution is 2.33. The Bertz CT molecular complexity index is 553. The molecule has 2 aromatic rings. The van der Waals surface area contributed by atoms with Gasteiger partial charge in [-0.05, 0) is 52.3 Å². The van der Waals surface area contributed by atoms with Crippen LogP contribution in [-0.4, -0.2) is 6.54 Å². The van der Waals surface area contributed by atoms with E-state index in [0.717, 1.165) is 23.0 Å². The van der Waals surface area contributed by atoms with Crippen LogP contribution < -0.4 is 5.32 Å². The molecule has 1 N–H and O–H groups in total. The van der Waals surface area contributed by atoms with Crippen LogP contribution in [0.25, 0.3) is 0 Å². The molecule has 1 aromatic heterocycles. The third-order valence-corrected chi connectivity index (χ3v) is 4.84.